The normalized spacial score (nSPS) is 13.5. The van der Waals surface area contributed by atoms with E-state index in [-0.39, 0.29) is 0 Å². The zero-order valence-electron chi connectivity index (χ0n) is 10.7. The second kappa shape index (κ2) is 10.0. The standard InChI is InChI=1S/C6H13NO2.C5H11NO2/c1-4(2)3-5(7)6(8)9;1-2-3-4(6)5(7)8/h4-5H,3,7H2,1-2H3,(H,8,9);4H,2-3,6H2,1H3,(H,7,8)/t5-;4-/m00/s1. The number of carboxylic acids is 2. The van der Waals surface area contributed by atoms with Gasteiger partial charge in [-0.05, 0) is 18.8 Å². The smallest absolute Gasteiger partial charge is 0.320 e. The molecule has 0 aliphatic carbocycles. The summed E-state index contributed by atoms with van der Waals surface area (Å²) in [6.07, 6.45) is 1.94. The largest absolute Gasteiger partial charge is 0.480 e. The van der Waals surface area contributed by atoms with Gasteiger partial charge in [0, 0.05) is 0 Å². The van der Waals surface area contributed by atoms with Crippen LogP contribution in [0.25, 0.3) is 0 Å². The van der Waals surface area contributed by atoms with Gasteiger partial charge in [0.05, 0.1) is 0 Å². The van der Waals surface area contributed by atoms with E-state index >= 15 is 0 Å². The van der Waals surface area contributed by atoms with Gasteiger partial charge in [-0.3, -0.25) is 9.59 Å². The first kappa shape index (κ1) is 18.2. The van der Waals surface area contributed by atoms with Crippen molar-refractivity contribution < 1.29 is 19.8 Å². The quantitative estimate of drug-likeness (QED) is 0.546. The van der Waals surface area contributed by atoms with Gasteiger partial charge in [-0.15, -0.1) is 0 Å². The molecule has 0 fully saturated rings. The lowest BCUT2D eigenvalue weighted by atomic mass is 10.1. The van der Waals surface area contributed by atoms with Crippen molar-refractivity contribution in [3.8, 4) is 0 Å². The molecule has 2 atom stereocenters. The molecule has 0 amide bonds. The minimum atomic E-state index is -0.913. The molecule has 0 bridgehead atoms. The van der Waals surface area contributed by atoms with Crippen molar-refractivity contribution in [3.63, 3.8) is 0 Å². The van der Waals surface area contributed by atoms with Gasteiger partial charge >= 0.3 is 11.9 Å². The molecule has 0 heterocycles. The fourth-order valence-electron chi connectivity index (χ4n) is 1.04. The maximum atomic E-state index is 10.1. The monoisotopic (exact) mass is 248 g/mol. The fourth-order valence-corrected chi connectivity index (χ4v) is 1.04. The summed E-state index contributed by atoms with van der Waals surface area (Å²) in [6.45, 7) is 5.80. The fraction of sp³-hybridized carbons (Fsp3) is 0.818. The summed E-state index contributed by atoms with van der Waals surface area (Å²) in [5, 5.41) is 16.5. The molecule has 0 aliphatic rings. The summed E-state index contributed by atoms with van der Waals surface area (Å²) >= 11 is 0. The molecule has 6 nitrogen and oxygen atoms in total. The molecule has 102 valence electrons. The molecule has 17 heavy (non-hydrogen) atoms. The number of rotatable bonds is 6. The number of nitrogens with two attached hydrogens (primary N) is 2. The number of aliphatic carboxylic acids is 2. The predicted octanol–water partition coefficient (Wildman–Crippen LogP) is 0.643. The number of carbonyl (C=O) groups is 2. The Hall–Kier alpha value is -1.14. The maximum Gasteiger partial charge on any atom is 0.320 e. The first-order chi connectivity index (χ1) is 7.72. The first-order valence-corrected chi connectivity index (χ1v) is 5.69. The second-order valence-electron chi connectivity index (χ2n) is 4.31. The molecule has 6 heteroatoms. The van der Waals surface area contributed by atoms with Crippen LogP contribution in [-0.2, 0) is 9.59 Å². The van der Waals surface area contributed by atoms with E-state index in [1.165, 1.54) is 0 Å². The van der Waals surface area contributed by atoms with Crippen LogP contribution in [-0.4, -0.2) is 34.2 Å². The topological polar surface area (TPSA) is 127 Å². The van der Waals surface area contributed by atoms with Crippen LogP contribution < -0.4 is 11.5 Å². The van der Waals surface area contributed by atoms with E-state index < -0.39 is 24.0 Å². The highest BCUT2D eigenvalue weighted by molar-refractivity contribution is 5.73. The zero-order valence-corrected chi connectivity index (χ0v) is 10.7. The Balaban J connectivity index is 0. The molecular formula is C11H24N2O4. The van der Waals surface area contributed by atoms with Crippen molar-refractivity contribution in [2.45, 2.75) is 52.1 Å². The van der Waals surface area contributed by atoms with Crippen LogP contribution in [0.5, 0.6) is 0 Å². The van der Waals surface area contributed by atoms with Crippen molar-refractivity contribution in [1.29, 1.82) is 0 Å². The predicted molar refractivity (Wildman–Crippen MR) is 65.6 cm³/mol. The Morgan fingerprint density at radius 1 is 1.06 bits per heavy atom. The number of hydrogen-bond donors (Lipinski definition) is 4. The van der Waals surface area contributed by atoms with Crippen molar-refractivity contribution in [3.05, 3.63) is 0 Å². The van der Waals surface area contributed by atoms with Gasteiger partial charge in [0.1, 0.15) is 12.1 Å². The minimum absolute atomic E-state index is 0.357. The zero-order chi connectivity index (χ0) is 14.0. The van der Waals surface area contributed by atoms with Crippen molar-refractivity contribution in [1.82, 2.24) is 0 Å². The highest BCUT2D eigenvalue weighted by Gasteiger charge is 2.11. The van der Waals surface area contributed by atoms with Gasteiger partial charge in [-0.1, -0.05) is 27.2 Å². The van der Waals surface area contributed by atoms with Crippen LogP contribution in [0.15, 0.2) is 0 Å². The van der Waals surface area contributed by atoms with Gasteiger partial charge in [0.25, 0.3) is 0 Å². The molecule has 0 aromatic heterocycles. The van der Waals surface area contributed by atoms with E-state index in [0.29, 0.717) is 18.8 Å². The van der Waals surface area contributed by atoms with E-state index in [0.717, 1.165) is 6.42 Å². The highest BCUT2D eigenvalue weighted by atomic mass is 16.4. The Bertz CT molecular complexity index is 232. The Morgan fingerprint density at radius 2 is 1.47 bits per heavy atom. The third-order valence-electron chi connectivity index (χ3n) is 1.96. The highest BCUT2D eigenvalue weighted by Crippen LogP contribution is 2.01. The molecular weight excluding hydrogens is 224 g/mol. The average Bonchev–Trinajstić information content (AvgIpc) is 2.17. The lowest BCUT2D eigenvalue weighted by Crippen LogP contribution is -2.31. The van der Waals surface area contributed by atoms with Gasteiger partial charge < -0.3 is 21.7 Å². The van der Waals surface area contributed by atoms with E-state index in [1.54, 1.807) is 0 Å². The maximum absolute atomic E-state index is 10.1. The third-order valence-corrected chi connectivity index (χ3v) is 1.96. The van der Waals surface area contributed by atoms with Crippen molar-refractivity contribution >= 4 is 11.9 Å². The van der Waals surface area contributed by atoms with Gasteiger partial charge in [0.15, 0.2) is 0 Å². The summed E-state index contributed by atoms with van der Waals surface area (Å²) in [6, 6.07) is -1.36. The number of hydrogen-bond acceptors (Lipinski definition) is 4. The summed E-state index contributed by atoms with van der Waals surface area (Å²) in [5.41, 5.74) is 10.3. The SMILES string of the molecule is CC(C)C[C@H](N)C(=O)O.CCC[C@H](N)C(=O)O. The van der Waals surface area contributed by atoms with Crippen LogP contribution in [0, 0.1) is 5.92 Å². The van der Waals surface area contributed by atoms with Crippen LogP contribution >= 0.6 is 0 Å². The first-order valence-electron chi connectivity index (χ1n) is 5.69. The molecule has 0 aromatic carbocycles. The average molecular weight is 248 g/mol. The summed E-state index contributed by atoms with van der Waals surface area (Å²) in [5.74, 6) is -1.47. The van der Waals surface area contributed by atoms with Crippen LogP contribution in [0.2, 0.25) is 0 Å². The number of carboxylic acid groups (broad SMARTS) is 2. The van der Waals surface area contributed by atoms with Crippen molar-refractivity contribution in [2.75, 3.05) is 0 Å². The molecule has 0 aromatic rings. The van der Waals surface area contributed by atoms with Crippen LogP contribution in [0.4, 0.5) is 0 Å². The molecule has 0 radical (unpaired) electrons. The minimum Gasteiger partial charge on any atom is -0.480 e. The lowest BCUT2D eigenvalue weighted by Gasteiger charge is -2.07. The molecule has 0 aliphatic heterocycles. The summed E-state index contributed by atoms with van der Waals surface area (Å²) in [4.78, 5) is 20.1. The van der Waals surface area contributed by atoms with Crippen LogP contribution in [0.1, 0.15) is 40.0 Å². The van der Waals surface area contributed by atoms with Gasteiger partial charge in [-0.25, -0.2) is 0 Å². The van der Waals surface area contributed by atoms with Crippen molar-refractivity contribution in [2.24, 2.45) is 17.4 Å². The Kier molecular flexibility index (Phi) is 10.8. The van der Waals surface area contributed by atoms with E-state index in [9.17, 15) is 9.59 Å². The molecule has 6 N–H and O–H groups in total. The summed E-state index contributed by atoms with van der Waals surface area (Å²) < 4.78 is 0. The molecule has 0 saturated heterocycles. The van der Waals surface area contributed by atoms with E-state index in [1.807, 2.05) is 20.8 Å². The van der Waals surface area contributed by atoms with Crippen LogP contribution in [0.3, 0.4) is 0 Å². The second-order valence-corrected chi connectivity index (χ2v) is 4.31. The van der Waals surface area contributed by atoms with Gasteiger partial charge in [0.2, 0.25) is 0 Å². The molecule has 0 spiro atoms. The Labute approximate surface area is 102 Å². The molecule has 0 unspecified atom stereocenters. The van der Waals surface area contributed by atoms with E-state index in [4.69, 9.17) is 21.7 Å². The lowest BCUT2D eigenvalue weighted by molar-refractivity contribution is -0.139. The van der Waals surface area contributed by atoms with E-state index in [2.05, 4.69) is 0 Å². The third kappa shape index (κ3) is 12.8. The molecule has 0 rings (SSSR count). The summed E-state index contributed by atoms with van der Waals surface area (Å²) in [7, 11) is 0. The molecule has 0 saturated carbocycles. The van der Waals surface area contributed by atoms with Gasteiger partial charge in [-0.2, -0.15) is 0 Å². The Morgan fingerprint density at radius 3 is 1.59 bits per heavy atom.